The molecule has 1 atom stereocenters. The smallest absolute Gasteiger partial charge is 0.272 e. The van der Waals surface area contributed by atoms with E-state index >= 15 is 0 Å². The minimum absolute atomic E-state index is 0.0214. The van der Waals surface area contributed by atoms with Crippen LogP contribution in [-0.4, -0.2) is 47.4 Å². The van der Waals surface area contributed by atoms with Gasteiger partial charge in [-0.1, -0.05) is 25.1 Å². The highest BCUT2D eigenvalue weighted by atomic mass is 16.5. The van der Waals surface area contributed by atoms with Crippen molar-refractivity contribution in [2.75, 3.05) is 26.7 Å². The van der Waals surface area contributed by atoms with Crippen LogP contribution in [0.3, 0.4) is 0 Å². The molecule has 5 nitrogen and oxygen atoms in total. The summed E-state index contributed by atoms with van der Waals surface area (Å²) in [5, 5.41) is 0. The normalized spacial score (nSPS) is 18.5. The molecule has 1 fully saturated rings. The van der Waals surface area contributed by atoms with E-state index in [1.807, 2.05) is 23.2 Å². The van der Waals surface area contributed by atoms with Gasteiger partial charge in [0.25, 0.3) is 5.91 Å². The molecule has 2 aliphatic rings. The van der Waals surface area contributed by atoms with Gasteiger partial charge in [-0.3, -0.25) is 9.78 Å². The minimum Gasteiger partial charge on any atom is -0.496 e. The third-order valence-corrected chi connectivity index (χ3v) is 6.38. The van der Waals surface area contributed by atoms with Crippen LogP contribution < -0.4 is 4.74 Å². The zero-order valence-electron chi connectivity index (χ0n) is 17.7. The van der Waals surface area contributed by atoms with E-state index in [9.17, 15) is 4.79 Å². The quantitative estimate of drug-likeness (QED) is 0.789. The fraction of sp³-hybridized carbons (Fsp3) is 0.417. The summed E-state index contributed by atoms with van der Waals surface area (Å²) in [6.45, 7) is 8.61. The molecular weight excluding hydrogens is 362 g/mol. The van der Waals surface area contributed by atoms with Crippen molar-refractivity contribution < 1.29 is 9.53 Å². The Morgan fingerprint density at radius 1 is 1.17 bits per heavy atom. The van der Waals surface area contributed by atoms with Crippen molar-refractivity contribution in [2.24, 2.45) is 0 Å². The van der Waals surface area contributed by atoms with E-state index in [2.05, 4.69) is 48.9 Å². The summed E-state index contributed by atoms with van der Waals surface area (Å²) in [5.41, 5.74) is 6.78. The molecule has 1 aromatic heterocycles. The molecular formula is C24H29N3O2. The maximum absolute atomic E-state index is 12.9. The molecule has 1 saturated heterocycles. The molecule has 0 bridgehead atoms. The largest absolute Gasteiger partial charge is 0.496 e. The van der Waals surface area contributed by atoms with Crippen LogP contribution in [0.4, 0.5) is 0 Å². The van der Waals surface area contributed by atoms with Crippen molar-refractivity contribution in [3.8, 4) is 5.75 Å². The molecule has 0 saturated carbocycles. The number of aryl methyl sites for hydroxylation is 1. The van der Waals surface area contributed by atoms with Gasteiger partial charge in [-0.25, -0.2) is 0 Å². The lowest BCUT2D eigenvalue weighted by Gasteiger charge is -2.39. The first-order chi connectivity index (χ1) is 14.0. The summed E-state index contributed by atoms with van der Waals surface area (Å²) < 4.78 is 5.47. The molecule has 0 spiro atoms. The lowest BCUT2D eigenvalue weighted by Crippen LogP contribution is -2.46. The highest BCUT2D eigenvalue weighted by molar-refractivity contribution is 5.92. The number of aromatic nitrogens is 1. The molecule has 1 unspecified atom stereocenters. The number of methoxy groups -OCH3 is 1. The van der Waals surface area contributed by atoms with E-state index in [0.717, 1.165) is 37.2 Å². The van der Waals surface area contributed by atoms with Crippen LogP contribution in [0, 0.1) is 13.8 Å². The van der Waals surface area contributed by atoms with Crippen LogP contribution in [-0.2, 0) is 6.42 Å². The van der Waals surface area contributed by atoms with E-state index in [1.54, 1.807) is 7.11 Å². The molecule has 5 heteroatoms. The maximum atomic E-state index is 12.9. The lowest BCUT2D eigenvalue weighted by molar-refractivity contribution is 0.0677. The van der Waals surface area contributed by atoms with Crippen LogP contribution in [0.25, 0.3) is 0 Å². The average Bonchev–Trinajstić information content (AvgIpc) is 3.18. The van der Waals surface area contributed by atoms with Gasteiger partial charge >= 0.3 is 0 Å². The van der Waals surface area contributed by atoms with Crippen molar-refractivity contribution >= 4 is 5.91 Å². The number of fused-ring (bicyclic) bond motifs is 1. The van der Waals surface area contributed by atoms with Gasteiger partial charge < -0.3 is 14.5 Å². The Kier molecular flexibility index (Phi) is 5.31. The molecule has 0 N–H and O–H groups in total. The molecule has 2 aliphatic heterocycles. The summed E-state index contributed by atoms with van der Waals surface area (Å²) in [5.74, 6) is 0.961. The van der Waals surface area contributed by atoms with Crippen LogP contribution >= 0.6 is 0 Å². The molecule has 152 valence electrons. The van der Waals surface area contributed by atoms with Gasteiger partial charge in [0, 0.05) is 25.0 Å². The van der Waals surface area contributed by atoms with Crippen molar-refractivity contribution in [3.05, 3.63) is 70.2 Å². The van der Waals surface area contributed by atoms with Crippen LogP contribution in [0.15, 0.2) is 42.2 Å². The van der Waals surface area contributed by atoms with Gasteiger partial charge in [-0.15, -0.1) is 0 Å². The SMILES string of the molecule is CCc1ccc(C(=O)N2CCN3C(=CCC3c3ccc(OC)c(C)c3C)C2)nc1. The predicted octanol–water partition coefficient (Wildman–Crippen LogP) is 4.06. The van der Waals surface area contributed by atoms with Crippen LogP contribution in [0.2, 0.25) is 0 Å². The summed E-state index contributed by atoms with van der Waals surface area (Å²) in [6.07, 6.45) is 6.01. The Hall–Kier alpha value is -2.82. The number of hydrogen-bond acceptors (Lipinski definition) is 4. The third kappa shape index (κ3) is 3.50. The molecule has 2 aromatic rings. The van der Waals surface area contributed by atoms with Crippen molar-refractivity contribution in [1.29, 1.82) is 0 Å². The number of rotatable bonds is 4. The second-order valence-electron chi connectivity index (χ2n) is 7.88. The highest BCUT2D eigenvalue weighted by Crippen LogP contribution is 2.39. The van der Waals surface area contributed by atoms with E-state index < -0.39 is 0 Å². The second kappa shape index (κ2) is 7.90. The first-order valence-electron chi connectivity index (χ1n) is 10.4. The van der Waals surface area contributed by atoms with E-state index in [1.165, 1.54) is 22.4 Å². The summed E-state index contributed by atoms with van der Waals surface area (Å²) >= 11 is 0. The standard InChI is InChI=1S/C24H29N3O2/c1-5-18-6-9-21(25-14-18)24(28)26-12-13-27-19(15-26)7-10-22(27)20-8-11-23(29-4)17(3)16(20)2/h6-9,11,14,22H,5,10,12-13,15H2,1-4H3. The average molecular weight is 392 g/mol. The van der Waals surface area contributed by atoms with Gasteiger partial charge in [-0.05, 0) is 61.1 Å². The monoisotopic (exact) mass is 391 g/mol. The molecule has 29 heavy (non-hydrogen) atoms. The Bertz CT molecular complexity index is 949. The second-order valence-corrected chi connectivity index (χ2v) is 7.88. The van der Waals surface area contributed by atoms with Crippen molar-refractivity contribution in [2.45, 2.75) is 39.7 Å². The fourth-order valence-electron chi connectivity index (χ4n) is 4.44. The van der Waals surface area contributed by atoms with Crippen LogP contribution in [0.1, 0.15) is 52.1 Å². The number of hydrogen-bond donors (Lipinski definition) is 0. The lowest BCUT2D eigenvalue weighted by atomic mass is 9.95. The zero-order valence-corrected chi connectivity index (χ0v) is 17.7. The Morgan fingerprint density at radius 3 is 2.69 bits per heavy atom. The number of carbonyl (C=O) groups is 1. The van der Waals surface area contributed by atoms with Gasteiger partial charge in [0.1, 0.15) is 11.4 Å². The number of ether oxygens (including phenoxy) is 1. The number of carbonyl (C=O) groups excluding carboxylic acids is 1. The van der Waals surface area contributed by atoms with Gasteiger partial charge in [0.05, 0.1) is 19.7 Å². The number of amides is 1. The molecule has 4 rings (SSSR count). The van der Waals surface area contributed by atoms with Crippen molar-refractivity contribution in [1.82, 2.24) is 14.8 Å². The van der Waals surface area contributed by atoms with Gasteiger partial charge in [-0.2, -0.15) is 0 Å². The maximum Gasteiger partial charge on any atom is 0.272 e. The van der Waals surface area contributed by atoms with E-state index in [0.29, 0.717) is 18.3 Å². The van der Waals surface area contributed by atoms with Crippen molar-refractivity contribution in [3.63, 3.8) is 0 Å². The number of pyridine rings is 1. The predicted molar refractivity (Wildman–Crippen MR) is 114 cm³/mol. The first kappa shape index (κ1) is 19.5. The first-order valence-corrected chi connectivity index (χ1v) is 10.4. The minimum atomic E-state index is 0.0214. The van der Waals surface area contributed by atoms with Crippen LogP contribution in [0.5, 0.6) is 5.75 Å². The molecule has 0 radical (unpaired) electrons. The van der Waals surface area contributed by atoms with Gasteiger partial charge in [0.15, 0.2) is 0 Å². The summed E-state index contributed by atoms with van der Waals surface area (Å²) in [6, 6.07) is 8.45. The van der Waals surface area contributed by atoms with E-state index in [-0.39, 0.29) is 5.91 Å². The summed E-state index contributed by atoms with van der Waals surface area (Å²) in [4.78, 5) is 21.7. The molecule has 1 amide bonds. The molecule has 0 aliphatic carbocycles. The fourth-order valence-corrected chi connectivity index (χ4v) is 4.44. The molecule has 3 heterocycles. The topological polar surface area (TPSA) is 45.7 Å². The molecule has 1 aromatic carbocycles. The number of nitrogens with zero attached hydrogens (tertiary/aromatic N) is 3. The van der Waals surface area contributed by atoms with Gasteiger partial charge in [0.2, 0.25) is 0 Å². The summed E-state index contributed by atoms with van der Waals surface area (Å²) in [7, 11) is 1.72. The number of benzene rings is 1. The Balaban J connectivity index is 1.49. The number of piperazine rings is 1. The Labute approximate surface area is 173 Å². The van der Waals surface area contributed by atoms with E-state index in [4.69, 9.17) is 4.74 Å². The zero-order chi connectivity index (χ0) is 20.5. The highest BCUT2D eigenvalue weighted by Gasteiger charge is 2.34. The third-order valence-electron chi connectivity index (χ3n) is 6.38. The Morgan fingerprint density at radius 2 is 2.00 bits per heavy atom.